The lowest BCUT2D eigenvalue weighted by molar-refractivity contribution is -0.0802. The Hall–Kier alpha value is -0.510. The van der Waals surface area contributed by atoms with Gasteiger partial charge in [0.2, 0.25) is 0 Å². The van der Waals surface area contributed by atoms with Gasteiger partial charge in [0.25, 0.3) is 0 Å². The summed E-state index contributed by atoms with van der Waals surface area (Å²) in [5, 5.41) is 0. The fourth-order valence-electron chi connectivity index (χ4n) is 4.04. The molecule has 0 radical (unpaired) electrons. The summed E-state index contributed by atoms with van der Waals surface area (Å²) in [7, 11) is 0. The van der Waals surface area contributed by atoms with E-state index in [9.17, 15) is 0 Å². The van der Waals surface area contributed by atoms with Crippen LogP contribution >= 0.6 is 11.8 Å². The molecule has 2 atom stereocenters. The molecule has 0 amide bonds. The summed E-state index contributed by atoms with van der Waals surface area (Å²) in [6.45, 7) is 5.51. The minimum Gasteiger partial charge on any atom is -0.371 e. The van der Waals surface area contributed by atoms with Gasteiger partial charge in [-0.25, -0.2) is 0 Å². The van der Waals surface area contributed by atoms with E-state index in [1.54, 1.807) is 11.1 Å². The number of morpholine rings is 1. The van der Waals surface area contributed by atoms with Crippen molar-refractivity contribution in [1.29, 1.82) is 0 Å². The van der Waals surface area contributed by atoms with E-state index in [2.05, 4.69) is 24.0 Å². The number of fused-ring (bicyclic) bond motifs is 4. The molecule has 0 bridgehead atoms. The van der Waals surface area contributed by atoms with Crippen LogP contribution in [-0.4, -0.2) is 36.4 Å². The van der Waals surface area contributed by atoms with E-state index < -0.39 is 0 Å². The quantitative estimate of drug-likeness (QED) is 0.827. The molecule has 0 unspecified atom stereocenters. The molecule has 2 heterocycles. The van der Waals surface area contributed by atoms with E-state index in [1.165, 1.54) is 48.4 Å². The third kappa shape index (κ3) is 2.11. The zero-order chi connectivity index (χ0) is 13.5. The number of thioether (sulfide) groups is 1. The maximum atomic E-state index is 6.19. The largest absolute Gasteiger partial charge is 0.371 e. The van der Waals surface area contributed by atoms with Crippen LogP contribution < -0.4 is 0 Å². The van der Waals surface area contributed by atoms with Crippen LogP contribution in [0, 0.1) is 0 Å². The lowest BCUT2D eigenvalue weighted by Gasteiger charge is -2.44. The average Bonchev–Trinajstić information content (AvgIpc) is 2.92. The summed E-state index contributed by atoms with van der Waals surface area (Å²) in [6.07, 6.45) is 5.33. The zero-order valence-electron chi connectivity index (χ0n) is 12.2. The van der Waals surface area contributed by atoms with Crippen LogP contribution in [0.2, 0.25) is 0 Å². The number of hydrogen-bond donors (Lipinski definition) is 0. The summed E-state index contributed by atoms with van der Waals surface area (Å²) >= 11 is 2.02. The van der Waals surface area contributed by atoms with Gasteiger partial charge >= 0.3 is 0 Å². The van der Waals surface area contributed by atoms with Crippen molar-refractivity contribution in [3.05, 3.63) is 28.8 Å². The average molecular weight is 289 g/mol. The van der Waals surface area contributed by atoms with Gasteiger partial charge in [0.05, 0.1) is 12.7 Å². The third-order valence-electron chi connectivity index (χ3n) is 4.97. The first-order valence-electron chi connectivity index (χ1n) is 8.01. The normalized spacial score (nSPS) is 28.9. The van der Waals surface area contributed by atoms with Crippen LogP contribution in [0.25, 0.3) is 0 Å². The number of benzene rings is 1. The highest BCUT2D eigenvalue weighted by Gasteiger charge is 2.37. The Morgan fingerprint density at radius 3 is 3.15 bits per heavy atom. The summed E-state index contributed by atoms with van der Waals surface area (Å²) in [5.74, 6) is 1.26. The van der Waals surface area contributed by atoms with E-state index in [-0.39, 0.29) is 0 Å². The van der Waals surface area contributed by atoms with E-state index >= 15 is 0 Å². The van der Waals surface area contributed by atoms with Crippen molar-refractivity contribution in [3.63, 3.8) is 0 Å². The molecule has 2 nitrogen and oxygen atoms in total. The monoisotopic (exact) mass is 289 g/mol. The van der Waals surface area contributed by atoms with E-state index in [0.29, 0.717) is 12.1 Å². The molecule has 1 saturated heterocycles. The van der Waals surface area contributed by atoms with Gasteiger partial charge in [-0.2, -0.15) is 0 Å². The van der Waals surface area contributed by atoms with Crippen LogP contribution in [0.5, 0.6) is 0 Å². The van der Waals surface area contributed by atoms with Gasteiger partial charge in [-0.05, 0) is 55.0 Å². The maximum Gasteiger partial charge on any atom is 0.0983 e. The molecule has 0 saturated carbocycles. The first-order chi connectivity index (χ1) is 9.86. The number of hydrogen-bond acceptors (Lipinski definition) is 3. The van der Waals surface area contributed by atoms with Gasteiger partial charge in [-0.1, -0.05) is 13.0 Å². The Morgan fingerprint density at radius 1 is 1.30 bits per heavy atom. The van der Waals surface area contributed by atoms with Crippen LogP contribution in [0.4, 0.5) is 0 Å². The Morgan fingerprint density at radius 2 is 2.25 bits per heavy atom. The highest BCUT2D eigenvalue weighted by Crippen LogP contribution is 2.42. The van der Waals surface area contributed by atoms with Gasteiger partial charge in [-0.15, -0.1) is 11.8 Å². The molecule has 1 aromatic carbocycles. The molecule has 20 heavy (non-hydrogen) atoms. The van der Waals surface area contributed by atoms with E-state index in [4.69, 9.17) is 4.74 Å². The van der Waals surface area contributed by atoms with Crippen LogP contribution in [0.3, 0.4) is 0 Å². The van der Waals surface area contributed by atoms with Crippen molar-refractivity contribution in [2.24, 2.45) is 0 Å². The molecule has 1 aromatic rings. The molecule has 0 aromatic heterocycles. The topological polar surface area (TPSA) is 12.5 Å². The Labute approximate surface area is 125 Å². The first-order valence-corrected chi connectivity index (χ1v) is 8.99. The minimum atomic E-state index is 0.325. The van der Waals surface area contributed by atoms with Crippen LogP contribution in [0.1, 0.15) is 42.6 Å². The van der Waals surface area contributed by atoms with Crippen molar-refractivity contribution in [2.75, 3.05) is 25.4 Å². The fourth-order valence-corrected chi connectivity index (χ4v) is 5.14. The smallest absolute Gasteiger partial charge is 0.0983 e. The van der Waals surface area contributed by atoms with Crippen molar-refractivity contribution in [1.82, 2.24) is 4.90 Å². The summed E-state index contributed by atoms with van der Waals surface area (Å²) < 4.78 is 6.19. The van der Waals surface area contributed by atoms with E-state index in [1.807, 2.05) is 11.8 Å². The molecule has 2 aliphatic heterocycles. The standard InChI is InChI=1S/C17H23NOS/c1-2-6-18-7-8-19-17-14-11-16-13(5-9-20-16)10-12(14)3-4-15(17)18/h10-11,15,17H,2-9H2,1H3/t15-,17-/m0/s1. The van der Waals surface area contributed by atoms with Gasteiger partial charge < -0.3 is 4.74 Å². The SMILES string of the molecule is CCCN1CCO[C@H]2c3cc4c(cc3CC[C@@H]21)CCS4. The maximum absolute atomic E-state index is 6.19. The van der Waals surface area contributed by atoms with Crippen LogP contribution in [-0.2, 0) is 17.6 Å². The van der Waals surface area contributed by atoms with E-state index in [0.717, 1.165) is 13.2 Å². The predicted molar refractivity (Wildman–Crippen MR) is 83.5 cm³/mol. The number of ether oxygens (including phenoxy) is 1. The Bertz CT molecular complexity index is 514. The van der Waals surface area contributed by atoms with Crippen LogP contribution in [0.15, 0.2) is 17.0 Å². The first kappa shape index (κ1) is 13.2. The second-order valence-corrected chi connectivity index (χ2v) is 7.33. The molecule has 3 aliphatic rings. The van der Waals surface area contributed by atoms with Crippen molar-refractivity contribution in [2.45, 2.75) is 49.6 Å². The summed E-state index contributed by atoms with van der Waals surface area (Å²) in [6, 6.07) is 5.54. The number of aryl methyl sites for hydroxylation is 2. The Balaban J connectivity index is 1.69. The molecular weight excluding hydrogens is 266 g/mol. The van der Waals surface area contributed by atoms with Gasteiger partial charge in [0.15, 0.2) is 0 Å². The van der Waals surface area contributed by atoms with Crippen molar-refractivity contribution >= 4 is 11.8 Å². The van der Waals surface area contributed by atoms with Gasteiger partial charge in [0, 0.05) is 23.2 Å². The highest BCUT2D eigenvalue weighted by molar-refractivity contribution is 7.99. The number of rotatable bonds is 2. The third-order valence-corrected chi connectivity index (χ3v) is 6.07. The molecule has 1 aliphatic carbocycles. The lowest BCUT2D eigenvalue weighted by Crippen LogP contribution is -2.49. The van der Waals surface area contributed by atoms with Crippen molar-refractivity contribution in [3.8, 4) is 0 Å². The zero-order valence-corrected chi connectivity index (χ0v) is 13.0. The number of nitrogens with zero attached hydrogens (tertiary/aromatic N) is 1. The lowest BCUT2D eigenvalue weighted by atomic mass is 9.83. The van der Waals surface area contributed by atoms with Crippen molar-refractivity contribution < 1.29 is 4.74 Å². The molecule has 0 N–H and O–H groups in total. The minimum absolute atomic E-state index is 0.325. The molecule has 108 valence electrons. The molecule has 1 fully saturated rings. The molecule has 4 rings (SSSR count). The summed E-state index contributed by atoms with van der Waals surface area (Å²) in [5.41, 5.74) is 4.63. The second kappa shape index (κ2) is 5.36. The second-order valence-electron chi connectivity index (χ2n) is 6.19. The molecular formula is C17H23NOS. The van der Waals surface area contributed by atoms with Gasteiger partial charge in [0.1, 0.15) is 0 Å². The van der Waals surface area contributed by atoms with Gasteiger partial charge in [-0.3, -0.25) is 4.90 Å². The molecule has 3 heteroatoms. The fraction of sp³-hybridized carbons (Fsp3) is 0.647. The summed E-state index contributed by atoms with van der Waals surface area (Å²) in [4.78, 5) is 4.18. The highest BCUT2D eigenvalue weighted by atomic mass is 32.2. The predicted octanol–water partition coefficient (Wildman–Crippen LogP) is 3.43. The Kier molecular flexibility index (Phi) is 3.53. The molecule has 0 spiro atoms.